The van der Waals surface area contributed by atoms with Gasteiger partial charge >= 0.3 is 6.18 Å². The minimum Gasteiger partial charge on any atom is -0.497 e. The molecule has 0 saturated carbocycles. The Bertz CT molecular complexity index is 643. The predicted octanol–water partition coefficient (Wildman–Crippen LogP) is 2.75. The number of ether oxygens (including phenoxy) is 1. The molecule has 1 aromatic heterocycles. The van der Waals surface area contributed by atoms with Crippen LogP contribution < -0.4 is 10.1 Å². The molecule has 112 valence electrons. The standard InChI is InChI=1S/C12H10F3N3O2S/c1-20-8-4-2-3-7(5-8)6-9(19)16-11-18-17-10(21-11)12(13,14)15/h2-5H,6H2,1H3,(H,16,18,19). The molecule has 1 N–H and O–H groups in total. The third-order valence-electron chi connectivity index (χ3n) is 2.41. The molecule has 0 aliphatic carbocycles. The molecule has 1 amide bonds. The van der Waals surface area contributed by atoms with Crippen molar-refractivity contribution >= 4 is 22.4 Å². The summed E-state index contributed by atoms with van der Waals surface area (Å²) in [6, 6.07) is 6.82. The van der Waals surface area contributed by atoms with Crippen LogP contribution in [-0.2, 0) is 17.4 Å². The fourth-order valence-corrected chi connectivity index (χ4v) is 2.15. The van der Waals surface area contributed by atoms with Crippen molar-refractivity contribution in [3.8, 4) is 5.75 Å². The first kappa shape index (κ1) is 15.2. The van der Waals surface area contributed by atoms with Crippen molar-refractivity contribution in [3.63, 3.8) is 0 Å². The van der Waals surface area contributed by atoms with Gasteiger partial charge in [-0.15, -0.1) is 10.2 Å². The van der Waals surface area contributed by atoms with E-state index in [1.54, 1.807) is 24.3 Å². The van der Waals surface area contributed by atoms with Gasteiger partial charge in [-0.3, -0.25) is 4.79 Å². The van der Waals surface area contributed by atoms with Crippen molar-refractivity contribution < 1.29 is 22.7 Å². The molecule has 0 saturated heterocycles. The van der Waals surface area contributed by atoms with Crippen LogP contribution in [0.4, 0.5) is 18.3 Å². The van der Waals surface area contributed by atoms with Crippen LogP contribution in [0.2, 0.25) is 0 Å². The molecule has 1 heterocycles. The van der Waals surface area contributed by atoms with Crippen LogP contribution in [0.3, 0.4) is 0 Å². The third-order valence-corrected chi connectivity index (χ3v) is 3.30. The van der Waals surface area contributed by atoms with Gasteiger partial charge in [0.05, 0.1) is 13.5 Å². The molecule has 2 aromatic rings. The summed E-state index contributed by atoms with van der Waals surface area (Å²) < 4.78 is 42.1. The Morgan fingerprint density at radius 3 is 2.76 bits per heavy atom. The highest BCUT2D eigenvalue weighted by molar-refractivity contribution is 7.15. The summed E-state index contributed by atoms with van der Waals surface area (Å²) >= 11 is 0.283. The van der Waals surface area contributed by atoms with E-state index in [0.29, 0.717) is 11.3 Å². The van der Waals surface area contributed by atoms with Crippen LogP contribution in [0.15, 0.2) is 24.3 Å². The van der Waals surface area contributed by atoms with Crippen molar-refractivity contribution in [1.82, 2.24) is 10.2 Å². The Morgan fingerprint density at radius 1 is 1.38 bits per heavy atom. The molecular weight excluding hydrogens is 307 g/mol. The molecule has 1 aromatic carbocycles. The SMILES string of the molecule is COc1cccc(CC(=O)Nc2nnc(C(F)(F)F)s2)c1. The number of hydrogen-bond acceptors (Lipinski definition) is 5. The van der Waals surface area contributed by atoms with Crippen LogP contribution in [0.5, 0.6) is 5.75 Å². The van der Waals surface area contributed by atoms with E-state index in [-0.39, 0.29) is 22.9 Å². The molecule has 0 atom stereocenters. The maximum Gasteiger partial charge on any atom is 0.445 e. The fourth-order valence-electron chi connectivity index (χ4n) is 1.52. The van der Waals surface area contributed by atoms with Crippen molar-refractivity contribution in [1.29, 1.82) is 0 Å². The van der Waals surface area contributed by atoms with Crippen LogP contribution in [0, 0.1) is 0 Å². The number of amides is 1. The summed E-state index contributed by atoms with van der Waals surface area (Å²) in [7, 11) is 1.50. The summed E-state index contributed by atoms with van der Waals surface area (Å²) in [5.74, 6) is 0.115. The molecule has 0 bridgehead atoms. The van der Waals surface area contributed by atoms with Gasteiger partial charge in [-0.1, -0.05) is 23.5 Å². The zero-order valence-corrected chi connectivity index (χ0v) is 11.6. The average Bonchev–Trinajstić information content (AvgIpc) is 2.87. The lowest BCUT2D eigenvalue weighted by molar-refractivity contribution is -0.138. The minimum absolute atomic E-state index is 0.00185. The molecule has 0 aliphatic rings. The predicted molar refractivity (Wildman–Crippen MR) is 70.2 cm³/mol. The summed E-state index contributed by atoms with van der Waals surface area (Å²) in [4.78, 5) is 11.7. The molecule has 2 rings (SSSR count). The van der Waals surface area contributed by atoms with Gasteiger partial charge in [0.2, 0.25) is 16.0 Å². The number of alkyl halides is 3. The largest absolute Gasteiger partial charge is 0.497 e. The van der Waals surface area contributed by atoms with Gasteiger partial charge in [0.15, 0.2) is 0 Å². The molecule has 0 spiro atoms. The van der Waals surface area contributed by atoms with E-state index in [2.05, 4.69) is 15.5 Å². The number of nitrogens with zero attached hydrogens (tertiary/aromatic N) is 2. The Balaban J connectivity index is 2.00. The quantitative estimate of drug-likeness (QED) is 0.942. The summed E-state index contributed by atoms with van der Waals surface area (Å²) in [5, 5.41) is 7.28. The first-order chi connectivity index (χ1) is 9.88. The van der Waals surface area contributed by atoms with E-state index in [9.17, 15) is 18.0 Å². The first-order valence-electron chi connectivity index (χ1n) is 5.72. The number of methoxy groups -OCH3 is 1. The highest BCUT2D eigenvalue weighted by Crippen LogP contribution is 2.32. The molecule has 0 aliphatic heterocycles. The van der Waals surface area contributed by atoms with E-state index >= 15 is 0 Å². The number of hydrogen-bond donors (Lipinski definition) is 1. The highest BCUT2D eigenvalue weighted by atomic mass is 32.1. The van der Waals surface area contributed by atoms with E-state index in [4.69, 9.17) is 4.74 Å². The number of carbonyl (C=O) groups is 1. The number of carbonyl (C=O) groups excluding carboxylic acids is 1. The molecule has 21 heavy (non-hydrogen) atoms. The van der Waals surface area contributed by atoms with Gasteiger partial charge in [-0.2, -0.15) is 13.2 Å². The minimum atomic E-state index is -4.56. The maximum atomic E-state index is 12.4. The second kappa shape index (κ2) is 6.08. The van der Waals surface area contributed by atoms with Crippen LogP contribution in [-0.4, -0.2) is 23.2 Å². The van der Waals surface area contributed by atoms with Gasteiger partial charge in [-0.05, 0) is 17.7 Å². The van der Waals surface area contributed by atoms with Gasteiger partial charge in [0, 0.05) is 0 Å². The van der Waals surface area contributed by atoms with Gasteiger partial charge in [0.25, 0.3) is 0 Å². The number of nitrogens with one attached hydrogen (secondary N) is 1. The zero-order chi connectivity index (χ0) is 15.5. The number of anilines is 1. The molecule has 0 fully saturated rings. The summed E-state index contributed by atoms with van der Waals surface area (Å²) in [6.45, 7) is 0. The second-order valence-corrected chi connectivity index (χ2v) is 4.96. The Morgan fingerprint density at radius 2 is 2.14 bits per heavy atom. The highest BCUT2D eigenvalue weighted by Gasteiger charge is 2.35. The maximum absolute atomic E-state index is 12.4. The normalized spacial score (nSPS) is 11.2. The second-order valence-electron chi connectivity index (χ2n) is 3.99. The Kier molecular flexibility index (Phi) is 4.41. The van der Waals surface area contributed by atoms with Crippen molar-refractivity contribution in [2.75, 3.05) is 12.4 Å². The number of aromatic nitrogens is 2. The number of rotatable bonds is 4. The van der Waals surface area contributed by atoms with E-state index in [1.165, 1.54) is 7.11 Å². The van der Waals surface area contributed by atoms with Gasteiger partial charge in [-0.25, -0.2) is 0 Å². The molecular formula is C12H10F3N3O2S. The van der Waals surface area contributed by atoms with Gasteiger partial charge in [0.1, 0.15) is 5.75 Å². The summed E-state index contributed by atoms with van der Waals surface area (Å²) in [6.07, 6.45) is -4.56. The molecule has 0 radical (unpaired) electrons. The molecule has 9 heteroatoms. The van der Waals surface area contributed by atoms with Gasteiger partial charge < -0.3 is 10.1 Å². The van der Waals surface area contributed by atoms with E-state index in [1.807, 2.05) is 0 Å². The fraction of sp³-hybridized carbons (Fsp3) is 0.250. The number of benzene rings is 1. The van der Waals surface area contributed by atoms with Crippen LogP contribution in [0.1, 0.15) is 10.6 Å². The zero-order valence-electron chi connectivity index (χ0n) is 10.8. The summed E-state index contributed by atoms with van der Waals surface area (Å²) in [5.41, 5.74) is 0.674. The Hall–Kier alpha value is -2.16. The van der Waals surface area contributed by atoms with Crippen LogP contribution >= 0.6 is 11.3 Å². The first-order valence-corrected chi connectivity index (χ1v) is 6.53. The molecule has 0 unspecified atom stereocenters. The number of halogens is 3. The lowest BCUT2D eigenvalue weighted by atomic mass is 10.1. The lowest BCUT2D eigenvalue weighted by Gasteiger charge is -2.04. The van der Waals surface area contributed by atoms with Crippen LogP contribution in [0.25, 0.3) is 0 Å². The van der Waals surface area contributed by atoms with E-state index < -0.39 is 17.1 Å². The molecule has 5 nitrogen and oxygen atoms in total. The lowest BCUT2D eigenvalue weighted by Crippen LogP contribution is -2.14. The third kappa shape index (κ3) is 4.15. The smallest absolute Gasteiger partial charge is 0.445 e. The average molecular weight is 317 g/mol. The van der Waals surface area contributed by atoms with E-state index in [0.717, 1.165) is 0 Å². The monoisotopic (exact) mass is 317 g/mol. The van der Waals surface area contributed by atoms with Crippen molar-refractivity contribution in [3.05, 3.63) is 34.8 Å². The van der Waals surface area contributed by atoms with Crippen molar-refractivity contribution in [2.45, 2.75) is 12.6 Å². The topological polar surface area (TPSA) is 64.1 Å². The van der Waals surface area contributed by atoms with Crippen molar-refractivity contribution in [2.24, 2.45) is 0 Å². The Labute approximate surface area is 121 Å².